The second kappa shape index (κ2) is 9.19. The summed E-state index contributed by atoms with van der Waals surface area (Å²) in [6, 6.07) is 9.36. The molecule has 0 aliphatic carbocycles. The van der Waals surface area contributed by atoms with Crippen LogP contribution in [-0.2, 0) is 18.8 Å². The van der Waals surface area contributed by atoms with Gasteiger partial charge in [-0.05, 0) is 32.0 Å². The molecule has 0 spiro atoms. The Bertz CT molecular complexity index is 650. The molecular formula is C17H23NO7P+. The van der Waals surface area contributed by atoms with Gasteiger partial charge in [0.05, 0.1) is 12.7 Å². The first-order valence-electron chi connectivity index (χ1n) is 8.26. The van der Waals surface area contributed by atoms with Crippen LogP contribution in [0, 0.1) is 5.92 Å². The average molecular weight is 384 g/mol. The third-order valence-electron chi connectivity index (χ3n) is 4.96. The van der Waals surface area contributed by atoms with Gasteiger partial charge in [0, 0.05) is 23.1 Å². The number of nitrogens with zero attached hydrogens (tertiary/aromatic N) is 1. The molecule has 0 saturated carbocycles. The van der Waals surface area contributed by atoms with Gasteiger partial charge >= 0.3 is 20.2 Å². The number of rotatable bonds is 3. The number of methoxy groups -OCH3 is 1. The van der Waals surface area contributed by atoms with Crippen molar-refractivity contribution in [2.24, 2.45) is 5.92 Å². The maximum Gasteiger partial charge on any atom is 0.692 e. The number of carbonyl (C=O) groups is 2. The first kappa shape index (κ1) is 20.5. The number of ether oxygens (including phenoxy) is 2. The van der Waals surface area contributed by atoms with E-state index in [0.717, 1.165) is 12.8 Å². The molecule has 4 atom stereocenters. The van der Waals surface area contributed by atoms with E-state index in [1.165, 1.54) is 7.11 Å². The van der Waals surface area contributed by atoms with E-state index >= 15 is 0 Å². The summed E-state index contributed by atoms with van der Waals surface area (Å²) in [6.45, 7) is 0. The highest BCUT2D eigenvalue weighted by Crippen LogP contribution is 2.40. The maximum atomic E-state index is 12.3. The first-order chi connectivity index (χ1) is 12.3. The summed E-state index contributed by atoms with van der Waals surface area (Å²) in [5.41, 5.74) is 0.511. The van der Waals surface area contributed by atoms with Crippen molar-refractivity contribution in [2.75, 3.05) is 14.2 Å². The largest absolute Gasteiger partial charge is 0.692 e. The molecule has 2 aliphatic heterocycles. The van der Waals surface area contributed by atoms with Crippen LogP contribution in [0.4, 0.5) is 0 Å². The van der Waals surface area contributed by atoms with Crippen molar-refractivity contribution < 1.29 is 33.4 Å². The summed E-state index contributed by atoms with van der Waals surface area (Å²) in [7, 11) is 0.553. The Morgan fingerprint density at radius 2 is 1.81 bits per heavy atom. The van der Waals surface area contributed by atoms with E-state index in [4.69, 9.17) is 23.8 Å². The highest BCUT2D eigenvalue weighted by Gasteiger charge is 2.50. The number of hydrogen-bond donors (Lipinski definition) is 2. The molecule has 2 bridgehead atoms. The van der Waals surface area contributed by atoms with Gasteiger partial charge in [0.1, 0.15) is 12.0 Å². The summed E-state index contributed by atoms with van der Waals surface area (Å²) in [5.74, 6) is -1.06. The predicted octanol–water partition coefficient (Wildman–Crippen LogP) is 1.50. The Morgan fingerprint density at radius 3 is 2.38 bits per heavy atom. The molecule has 8 nitrogen and oxygen atoms in total. The van der Waals surface area contributed by atoms with E-state index in [1.807, 2.05) is 13.1 Å². The molecule has 0 amide bonds. The lowest BCUT2D eigenvalue weighted by Gasteiger charge is -2.40. The molecule has 2 N–H and O–H groups in total. The van der Waals surface area contributed by atoms with Crippen molar-refractivity contribution in [1.29, 1.82) is 0 Å². The number of carbonyl (C=O) groups excluding carboxylic acids is 2. The molecule has 0 unspecified atom stereocenters. The zero-order chi connectivity index (χ0) is 19.3. The molecule has 2 saturated heterocycles. The molecule has 0 aromatic heterocycles. The Hall–Kier alpha value is -1.86. The standard InChI is InChI=1S/C17H21NO4.HO3P/c1-18-12-8-9-13(18)15(17(20)21-2)14(10-12)22-16(19)11-6-4-3-5-7-11;1-4(2)3/h3-7,12-15H,8-10H2,1-2H3;(H-,1,2,3)/p+1/t12-,13+,14-,15+;/m0./s1. The van der Waals surface area contributed by atoms with Crippen LogP contribution < -0.4 is 0 Å². The quantitative estimate of drug-likeness (QED) is 0.595. The highest BCUT2D eigenvalue weighted by atomic mass is 31.1. The summed E-state index contributed by atoms with van der Waals surface area (Å²) in [6.07, 6.45) is 2.26. The van der Waals surface area contributed by atoms with Crippen molar-refractivity contribution in [3.05, 3.63) is 35.9 Å². The molecule has 2 aliphatic rings. The predicted molar refractivity (Wildman–Crippen MR) is 92.4 cm³/mol. The number of benzene rings is 1. The SMILES string of the molecule is COC(=O)[C@H]1[C@@H](OC(=O)c2ccccc2)C[C@@H]2CC[C@H]1N2C.O=[P+](O)O. The van der Waals surface area contributed by atoms with Crippen LogP contribution in [0.3, 0.4) is 0 Å². The van der Waals surface area contributed by atoms with Gasteiger partial charge in [0.15, 0.2) is 0 Å². The van der Waals surface area contributed by atoms with Crippen LogP contribution in [0.1, 0.15) is 29.6 Å². The van der Waals surface area contributed by atoms with E-state index in [2.05, 4.69) is 4.90 Å². The fourth-order valence-electron chi connectivity index (χ4n) is 3.77. The number of esters is 2. The van der Waals surface area contributed by atoms with Crippen LogP contribution >= 0.6 is 8.25 Å². The molecular weight excluding hydrogens is 361 g/mol. The number of hydrogen-bond acceptors (Lipinski definition) is 6. The fourth-order valence-corrected chi connectivity index (χ4v) is 3.77. The van der Waals surface area contributed by atoms with Crippen molar-refractivity contribution >= 4 is 20.2 Å². The van der Waals surface area contributed by atoms with E-state index < -0.39 is 20.3 Å². The Morgan fingerprint density at radius 1 is 1.19 bits per heavy atom. The third kappa shape index (κ3) is 4.86. The minimum Gasteiger partial charge on any atom is -0.469 e. The Balaban J connectivity index is 0.000000552. The molecule has 2 fully saturated rings. The van der Waals surface area contributed by atoms with Gasteiger partial charge in [-0.2, -0.15) is 0 Å². The molecule has 1 aromatic rings. The Kier molecular flexibility index (Phi) is 7.23. The molecule has 142 valence electrons. The smallest absolute Gasteiger partial charge is 0.469 e. The van der Waals surface area contributed by atoms with E-state index in [0.29, 0.717) is 18.0 Å². The van der Waals surface area contributed by atoms with Crippen LogP contribution in [0.15, 0.2) is 30.3 Å². The molecule has 3 rings (SSSR count). The van der Waals surface area contributed by atoms with Crippen molar-refractivity contribution in [2.45, 2.75) is 37.5 Å². The lowest BCUT2D eigenvalue weighted by Crippen LogP contribution is -2.53. The molecule has 2 heterocycles. The minimum absolute atomic E-state index is 0.0970. The second-order valence-corrected chi connectivity index (χ2v) is 6.82. The lowest BCUT2D eigenvalue weighted by atomic mass is 9.87. The topological polar surface area (TPSA) is 113 Å². The van der Waals surface area contributed by atoms with Gasteiger partial charge in [-0.15, -0.1) is 9.79 Å². The van der Waals surface area contributed by atoms with Gasteiger partial charge in [-0.25, -0.2) is 4.79 Å². The first-order valence-corrected chi connectivity index (χ1v) is 9.42. The molecule has 26 heavy (non-hydrogen) atoms. The van der Waals surface area contributed by atoms with E-state index in [9.17, 15) is 9.59 Å². The summed E-state index contributed by atoms with van der Waals surface area (Å²) < 4.78 is 19.3. The Labute approximate surface area is 152 Å². The second-order valence-electron chi connectivity index (χ2n) is 6.31. The van der Waals surface area contributed by atoms with Gasteiger partial charge < -0.3 is 9.47 Å². The van der Waals surface area contributed by atoms with Crippen LogP contribution in [0.2, 0.25) is 0 Å². The van der Waals surface area contributed by atoms with Gasteiger partial charge in [0.25, 0.3) is 0 Å². The molecule has 9 heteroatoms. The zero-order valence-corrected chi connectivity index (χ0v) is 15.5. The van der Waals surface area contributed by atoms with Crippen molar-refractivity contribution in [1.82, 2.24) is 4.90 Å². The van der Waals surface area contributed by atoms with Gasteiger partial charge in [-0.3, -0.25) is 9.69 Å². The average Bonchev–Trinajstić information content (AvgIpc) is 2.85. The van der Waals surface area contributed by atoms with E-state index in [-0.39, 0.29) is 18.0 Å². The van der Waals surface area contributed by atoms with E-state index in [1.54, 1.807) is 24.3 Å². The van der Waals surface area contributed by atoms with Crippen molar-refractivity contribution in [3.8, 4) is 0 Å². The summed E-state index contributed by atoms with van der Waals surface area (Å²) in [4.78, 5) is 41.0. The monoisotopic (exact) mass is 384 g/mol. The van der Waals surface area contributed by atoms with Crippen LogP contribution in [0.25, 0.3) is 0 Å². The number of fused-ring (bicyclic) bond motifs is 2. The normalized spacial score (nSPS) is 27.1. The van der Waals surface area contributed by atoms with Crippen molar-refractivity contribution in [3.63, 3.8) is 0 Å². The fraction of sp³-hybridized carbons (Fsp3) is 0.529. The summed E-state index contributed by atoms with van der Waals surface area (Å²) in [5, 5.41) is 0. The van der Waals surface area contributed by atoms with Crippen LogP contribution in [0.5, 0.6) is 0 Å². The maximum absolute atomic E-state index is 12.3. The lowest BCUT2D eigenvalue weighted by molar-refractivity contribution is -0.156. The molecule has 0 radical (unpaired) electrons. The number of piperidine rings is 1. The third-order valence-corrected chi connectivity index (χ3v) is 4.96. The molecule has 1 aromatic carbocycles. The van der Waals surface area contributed by atoms with Gasteiger partial charge in [-0.1, -0.05) is 18.2 Å². The minimum atomic E-state index is -2.87. The van der Waals surface area contributed by atoms with Gasteiger partial charge in [0.2, 0.25) is 0 Å². The summed E-state index contributed by atoms with van der Waals surface area (Å²) >= 11 is 0. The van der Waals surface area contributed by atoms with Crippen LogP contribution in [-0.4, -0.2) is 59.0 Å². The highest BCUT2D eigenvalue weighted by molar-refractivity contribution is 7.30. The zero-order valence-electron chi connectivity index (χ0n) is 14.6.